The van der Waals surface area contributed by atoms with E-state index in [4.69, 9.17) is 5.21 Å². The van der Waals surface area contributed by atoms with Crippen molar-refractivity contribution >= 4 is 17.7 Å². The summed E-state index contributed by atoms with van der Waals surface area (Å²) < 4.78 is 0. The van der Waals surface area contributed by atoms with Gasteiger partial charge in [-0.3, -0.25) is 19.6 Å². The third-order valence-corrected chi connectivity index (χ3v) is 2.73. The molecule has 0 aromatic carbocycles. The Labute approximate surface area is 113 Å². The van der Waals surface area contributed by atoms with Crippen molar-refractivity contribution in [3.8, 4) is 0 Å². The number of likely N-dealkylation sites (N-methyl/N-ethyl adjacent to an activating group) is 1. The van der Waals surface area contributed by atoms with Crippen LogP contribution in [0.15, 0.2) is 0 Å². The largest absolute Gasteiger partial charge is 0.357 e. The first kappa shape index (κ1) is 17.4. The van der Waals surface area contributed by atoms with E-state index in [0.717, 1.165) is 0 Å². The Hall–Kier alpha value is -1.63. The van der Waals surface area contributed by atoms with Crippen molar-refractivity contribution in [3.63, 3.8) is 0 Å². The molecule has 19 heavy (non-hydrogen) atoms. The Morgan fingerprint density at radius 3 is 2.05 bits per heavy atom. The molecule has 0 saturated carbocycles. The fraction of sp³-hybridized carbons (Fsp3) is 0.750. The summed E-state index contributed by atoms with van der Waals surface area (Å²) in [6.07, 6.45) is -0.146. The molecule has 0 aliphatic rings. The Morgan fingerprint density at radius 2 is 1.68 bits per heavy atom. The van der Waals surface area contributed by atoms with Gasteiger partial charge in [0, 0.05) is 19.4 Å². The molecule has 0 spiro atoms. The van der Waals surface area contributed by atoms with Gasteiger partial charge in [-0.05, 0) is 5.41 Å². The SMILES string of the molecule is CNC(=O)[C@@H](NC(=O)C(C)CC(=O)NO)C(C)(C)C. The van der Waals surface area contributed by atoms with Crippen molar-refractivity contribution in [1.29, 1.82) is 0 Å². The van der Waals surface area contributed by atoms with Gasteiger partial charge in [-0.25, -0.2) is 5.48 Å². The molecule has 1 unspecified atom stereocenters. The number of hydrogen-bond acceptors (Lipinski definition) is 4. The van der Waals surface area contributed by atoms with Gasteiger partial charge >= 0.3 is 0 Å². The molecule has 7 nitrogen and oxygen atoms in total. The zero-order chi connectivity index (χ0) is 15.2. The maximum Gasteiger partial charge on any atom is 0.244 e. The highest BCUT2D eigenvalue weighted by Crippen LogP contribution is 2.20. The number of hydrogen-bond donors (Lipinski definition) is 4. The minimum atomic E-state index is -0.690. The summed E-state index contributed by atoms with van der Waals surface area (Å²) in [4.78, 5) is 34.6. The summed E-state index contributed by atoms with van der Waals surface area (Å²) in [5.41, 5.74) is 1.02. The fourth-order valence-electron chi connectivity index (χ4n) is 1.52. The quantitative estimate of drug-likeness (QED) is 0.411. The molecule has 0 rings (SSSR count). The number of carbonyl (C=O) groups is 3. The van der Waals surface area contributed by atoms with Gasteiger partial charge in [-0.2, -0.15) is 0 Å². The molecule has 4 N–H and O–H groups in total. The van der Waals surface area contributed by atoms with Crippen LogP contribution in [0.1, 0.15) is 34.1 Å². The molecule has 2 atom stereocenters. The first-order valence-electron chi connectivity index (χ1n) is 6.08. The van der Waals surface area contributed by atoms with Gasteiger partial charge in [0.2, 0.25) is 17.7 Å². The average molecular weight is 273 g/mol. The lowest BCUT2D eigenvalue weighted by atomic mass is 9.85. The van der Waals surface area contributed by atoms with Crippen LogP contribution in [0.3, 0.4) is 0 Å². The molecule has 110 valence electrons. The maximum atomic E-state index is 11.9. The van der Waals surface area contributed by atoms with E-state index < -0.39 is 29.2 Å². The highest BCUT2D eigenvalue weighted by molar-refractivity contribution is 5.90. The minimum absolute atomic E-state index is 0.146. The second-order valence-electron chi connectivity index (χ2n) is 5.56. The third-order valence-electron chi connectivity index (χ3n) is 2.73. The molecule has 0 saturated heterocycles. The van der Waals surface area contributed by atoms with Gasteiger partial charge in [0.25, 0.3) is 0 Å². The van der Waals surface area contributed by atoms with E-state index in [1.165, 1.54) is 12.5 Å². The van der Waals surface area contributed by atoms with Crippen LogP contribution >= 0.6 is 0 Å². The van der Waals surface area contributed by atoms with Gasteiger partial charge in [-0.15, -0.1) is 0 Å². The number of rotatable bonds is 5. The summed E-state index contributed by atoms with van der Waals surface area (Å²) >= 11 is 0. The predicted octanol–water partition coefficient (Wildman–Crippen LogP) is -0.205. The van der Waals surface area contributed by atoms with Crippen LogP contribution in [0.25, 0.3) is 0 Å². The Balaban J connectivity index is 4.73. The minimum Gasteiger partial charge on any atom is -0.357 e. The van der Waals surface area contributed by atoms with E-state index in [1.807, 2.05) is 20.8 Å². The zero-order valence-electron chi connectivity index (χ0n) is 12.0. The van der Waals surface area contributed by atoms with Crippen LogP contribution in [0.2, 0.25) is 0 Å². The molecule has 0 aliphatic heterocycles. The van der Waals surface area contributed by atoms with Gasteiger partial charge in [-0.1, -0.05) is 27.7 Å². The third kappa shape index (κ3) is 5.69. The highest BCUT2D eigenvalue weighted by Gasteiger charge is 2.33. The van der Waals surface area contributed by atoms with Gasteiger partial charge < -0.3 is 10.6 Å². The molecule has 0 aliphatic carbocycles. The van der Waals surface area contributed by atoms with Crippen molar-refractivity contribution in [3.05, 3.63) is 0 Å². The molecule has 0 heterocycles. The lowest BCUT2D eigenvalue weighted by Crippen LogP contribution is -2.54. The van der Waals surface area contributed by atoms with E-state index >= 15 is 0 Å². The van der Waals surface area contributed by atoms with E-state index in [0.29, 0.717) is 0 Å². The summed E-state index contributed by atoms with van der Waals surface area (Å²) in [6, 6.07) is -0.690. The van der Waals surface area contributed by atoms with Crippen LogP contribution in [0.4, 0.5) is 0 Å². The first-order valence-corrected chi connectivity index (χ1v) is 6.08. The van der Waals surface area contributed by atoms with Crippen molar-refractivity contribution in [2.45, 2.75) is 40.2 Å². The summed E-state index contributed by atoms with van der Waals surface area (Å²) in [5, 5.41) is 13.5. The van der Waals surface area contributed by atoms with E-state index in [9.17, 15) is 14.4 Å². The normalized spacial score (nSPS) is 14.2. The van der Waals surface area contributed by atoms with Gasteiger partial charge in [0.05, 0.1) is 0 Å². The van der Waals surface area contributed by atoms with Crippen molar-refractivity contribution in [2.75, 3.05) is 7.05 Å². The predicted molar refractivity (Wildman–Crippen MR) is 69.2 cm³/mol. The molecule has 0 radical (unpaired) electrons. The van der Waals surface area contributed by atoms with Gasteiger partial charge in [0.15, 0.2) is 0 Å². The molecule has 3 amide bonds. The van der Waals surface area contributed by atoms with Crippen LogP contribution < -0.4 is 16.1 Å². The van der Waals surface area contributed by atoms with Crippen molar-refractivity contribution in [2.24, 2.45) is 11.3 Å². The standard InChI is InChI=1S/C12H23N3O4/c1-7(6-8(16)15-19)10(17)14-9(11(18)13-5)12(2,3)4/h7,9,19H,6H2,1-5H3,(H,13,18)(H,14,17)(H,15,16)/t7?,9-/m1/s1. The van der Waals surface area contributed by atoms with E-state index in [1.54, 1.807) is 6.92 Å². The van der Waals surface area contributed by atoms with E-state index in [2.05, 4.69) is 10.6 Å². The second kappa shape index (κ2) is 7.08. The Kier molecular flexibility index (Phi) is 6.47. The molecule has 0 bridgehead atoms. The average Bonchev–Trinajstić information content (AvgIpc) is 2.32. The van der Waals surface area contributed by atoms with Crippen LogP contribution in [0, 0.1) is 11.3 Å². The lowest BCUT2D eigenvalue weighted by molar-refractivity contribution is -0.136. The molecule has 0 aromatic heterocycles. The molecule has 7 heteroatoms. The van der Waals surface area contributed by atoms with Crippen LogP contribution in [-0.2, 0) is 14.4 Å². The Morgan fingerprint density at radius 1 is 1.16 bits per heavy atom. The van der Waals surface area contributed by atoms with E-state index in [-0.39, 0.29) is 12.3 Å². The summed E-state index contributed by atoms with van der Waals surface area (Å²) in [5.74, 6) is -1.98. The monoisotopic (exact) mass is 273 g/mol. The van der Waals surface area contributed by atoms with Crippen LogP contribution in [0.5, 0.6) is 0 Å². The number of amides is 3. The molecular formula is C12H23N3O4. The summed E-state index contributed by atoms with van der Waals surface area (Å²) in [7, 11) is 1.50. The number of hydroxylamine groups is 1. The smallest absolute Gasteiger partial charge is 0.244 e. The Bertz CT molecular complexity index is 349. The van der Waals surface area contributed by atoms with Gasteiger partial charge in [0.1, 0.15) is 6.04 Å². The first-order chi connectivity index (χ1) is 8.63. The second-order valence-corrected chi connectivity index (χ2v) is 5.56. The van der Waals surface area contributed by atoms with Crippen LogP contribution in [-0.4, -0.2) is 36.0 Å². The molecular weight excluding hydrogens is 250 g/mol. The fourth-order valence-corrected chi connectivity index (χ4v) is 1.52. The summed E-state index contributed by atoms with van der Waals surface area (Å²) in [6.45, 7) is 7.04. The maximum absolute atomic E-state index is 11.9. The topological polar surface area (TPSA) is 108 Å². The van der Waals surface area contributed by atoms with Crippen molar-refractivity contribution < 1.29 is 19.6 Å². The zero-order valence-corrected chi connectivity index (χ0v) is 12.0. The van der Waals surface area contributed by atoms with Crippen molar-refractivity contribution in [1.82, 2.24) is 16.1 Å². The molecule has 0 aromatic rings. The number of nitrogens with one attached hydrogen (secondary N) is 3. The number of carbonyl (C=O) groups excluding carboxylic acids is 3. The highest BCUT2D eigenvalue weighted by atomic mass is 16.5. The lowest BCUT2D eigenvalue weighted by Gasteiger charge is -2.30. The molecule has 0 fully saturated rings.